The van der Waals surface area contributed by atoms with Crippen molar-refractivity contribution < 1.29 is 19.4 Å². The molecule has 1 heterocycles. The van der Waals surface area contributed by atoms with Crippen LogP contribution >= 0.6 is 11.6 Å². The summed E-state index contributed by atoms with van der Waals surface area (Å²) in [5.41, 5.74) is 0.139. The van der Waals surface area contributed by atoms with Gasteiger partial charge >= 0.3 is 0 Å². The van der Waals surface area contributed by atoms with Gasteiger partial charge in [0.2, 0.25) is 5.91 Å². The van der Waals surface area contributed by atoms with Gasteiger partial charge in [0, 0.05) is 13.1 Å². The summed E-state index contributed by atoms with van der Waals surface area (Å²) in [6.07, 6.45) is 1.08. The van der Waals surface area contributed by atoms with Crippen molar-refractivity contribution >= 4 is 17.5 Å². The van der Waals surface area contributed by atoms with Gasteiger partial charge in [0.1, 0.15) is 30.3 Å². The Hall–Kier alpha value is -2.28. The molecule has 0 saturated carbocycles. The molecule has 1 aliphatic heterocycles. The predicted octanol–water partition coefficient (Wildman–Crippen LogP) is 3.05. The molecular weight excluding hydrogens is 404 g/mol. The van der Waals surface area contributed by atoms with Gasteiger partial charge in [-0.15, -0.1) is 0 Å². The maximum atomic E-state index is 12.2. The van der Waals surface area contributed by atoms with Crippen molar-refractivity contribution in [2.45, 2.75) is 25.4 Å². The van der Waals surface area contributed by atoms with E-state index in [1.165, 1.54) is 0 Å². The molecule has 30 heavy (non-hydrogen) atoms. The van der Waals surface area contributed by atoms with E-state index in [1.54, 1.807) is 6.07 Å². The summed E-state index contributed by atoms with van der Waals surface area (Å²) in [6, 6.07) is 15.1. The smallest absolute Gasteiger partial charge is 0.234 e. The van der Waals surface area contributed by atoms with Crippen LogP contribution < -0.4 is 14.8 Å². The number of aliphatic hydroxyl groups is 1. The van der Waals surface area contributed by atoms with Crippen LogP contribution in [0, 0.1) is 6.92 Å². The lowest BCUT2D eigenvalue weighted by atomic mass is 9.92. The van der Waals surface area contributed by atoms with Crippen molar-refractivity contribution in [1.29, 1.82) is 0 Å². The first-order valence-electron chi connectivity index (χ1n) is 10.2. The Kier molecular flexibility index (Phi) is 7.96. The molecule has 0 atom stereocenters. The van der Waals surface area contributed by atoms with E-state index >= 15 is 0 Å². The van der Waals surface area contributed by atoms with E-state index in [9.17, 15) is 9.90 Å². The molecule has 2 N–H and O–H groups in total. The van der Waals surface area contributed by atoms with E-state index in [4.69, 9.17) is 21.1 Å². The zero-order valence-electron chi connectivity index (χ0n) is 17.3. The van der Waals surface area contributed by atoms with Crippen LogP contribution in [0.3, 0.4) is 0 Å². The minimum Gasteiger partial charge on any atom is -0.492 e. The topological polar surface area (TPSA) is 71.0 Å². The summed E-state index contributed by atoms with van der Waals surface area (Å²) < 4.78 is 11.4. The molecule has 1 amide bonds. The summed E-state index contributed by atoms with van der Waals surface area (Å²) in [4.78, 5) is 14.2. The van der Waals surface area contributed by atoms with Gasteiger partial charge in [0.15, 0.2) is 0 Å². The first-order valence-corrected chi connectivity index (χ1v) is 10.6. The van der Waals surface area contributed by atoms with Crippen LogP contribution in [0.1, 0.15) is 18.4 Å². The number of nitrogens with zero attached hydrogens (tertiary/aromatic N) is 1. The SMILES string of the molecule is Cc1ccc(Cl)c(OCC2(O)CCN(CC(=O)NCCOc3ccccc3)CC2)c1. The van der Waals surface area contributed by atoms with Crippen LogP contribution in [0.5, 0.6) is 11.5 Å². The highest BCUT2D eigenvalue weighted by Crippen LogP contribution is 2.28. The number of ether oxygens (including phenoxy) is 2. The number of amides is 1. The molecule has 1 saturated heterocycles. The van der Waals surface area contributed by atoms with Crippen molar-refractivity contribution in [3.05, 3.63) is 59.1 Å². The largest absolute Gasteiger partial charge is 0.492 e. The van der Waals surface area contributed by atoms with E-state index in [-0.39, 0.29) is 12.5 Å². The lowest BCUT2D eigenvalue weighted by Gasteiger charge is -2.37. The number of halogens is 1. The fourth-order valence-electron chi connectivity index (χ4n) is 3.34. The van der Waals surface area contributed by atoms with E-state index in [0.29, 0.717) is 56.4 Å². The summed E-state index contributed by atoms with van der Waals surface area (Å²) >= 11 is 6.16. The van der Waals surface area contributed by atoms with Crippen LogP contribution in [0.2, 0.25) is 5.02 Å². The molecule has 2 aromatic rings. The normalized spacial score (nSPS) is 16.1. The zero-order chi connectivity index (χ0) is 21.4. The highest BCUT2D eigenvalue weighted by atomic mass is 35.5. The van der Waals surface area contributed by atoms with Crippen LogP contribution in [0.25, 0.3) is 0 Å². The van der Waals surface area contributed by atoms with Crippen molar-refractivity contribution in [2.24, 2.45) is 0 Å². The molecule has 6 nitrogen and oxygen atoms in total. The van der Waals surface area contributed by atoms with Crippen molar-refractivity contribution in [3.63, 3.8) is 0 Å². The second-order valence-electron chi connectivity index (χ2n) is 7.73. The Bertz CT molecular complexity index is 823. The van der Waals surface area contributed by atoms with E-state index in [2.05, 4.69) is 5.32 Å². The Labute approximate surface area is 182 Å². The van der Waals surface area contributed by atoms with Gasteiger partial charge in [-0.3, -0.25) is 9.69 Å². The maximum Gasteiger partial charge on any atom is 0.234 e. The van der Waals surface area contributed by atoms with Crippen LogP contribution in [0.15, 0.2) is 48.5 Å². The van der Waals surface area contributed by atoms with Gasteiger partial charge in [-0.2, -0.15) is 0 Å². The number of likely N-dealkylation sites (tertiary alicyclic amines) is 1. The summed E-state index contributed by atoms with van der Waals surface area (Å²) in [7, 11) is 0. The highest BCUT2D eigenvalue weighted by molar-refractivity contribution is 6.32. The molecule has 0 aliphatic carbocycles. The minimum absolute atomic E-state index is 0.0418. The molecule has 162 valence electrons. The predicted molar refractivity (Wildman–Crippen MR) is 117 cm³/mol. The molecule has 0 spiro atoms. The molecule has 0 bridgehead atoms. The number of para-hydroxylation sites is 1. The van der Waals surface area contributed by atoms with E-state index in [0.717, 1.165) is 11.3 Å². The first-order chi connectivity index (χ1) is 14.4. The fraction of sp³-hybridized carbons (Fsp3) is 0.435. The Morgan fingerprint density at radius 1 is 1.17 bits per heavy atom. The molecule has 0 unspecified atom stereocenters. The molecule has 3 rings (SSSR count). The lowest BCUT2D eigenvalue weighted by Crippen LogP contribution is -2.50. The van der Waals surface area contributed by atoms with Gasteiger partial charge < -0.3 is 19.9 Å². The van der Waals surface area contributed by atoms with Crippen LogP contribution in [-0.2, 0) is 4.79 Å². The quantitative estimate of drug-likeness (QED) is 0.596. The summed E-state index contributed by atoms with van der Waals surface area (Å²) in [5, 5.41) is 14.2. The maximum absolute atomic E-state index is 12.2. The lowest BCUT2D eigenvalue weighted by molar-refractivity contribution is -0.124. The zero-order valence-corrected chi connectivity index (χ0v) is 18.0. The molecule has 0 radical (unpaired) electrons. The van der Waals surface area contributed by atoms with Gasteiger partial charge in [-0.05, 0) is 49.6 Å². The number of carbonyl (C=O) groups is 1. The summed E-state index contributed by atoms with van der Waals surface area (Å²) in [6.45, 7) is 4.61. The molecule has 0 aromatic heterocycles. The third-order valence-corrected chi connectivity index (χ3v) is 5.49. The number of nitrogens with one attached hydrogen (secondary N) is 1. The third kappa shape index (κ3) is 6.90. The second kappa shape index (κ2) is 10.7. The number of hydrogen-bond acceptors (Lipinski definition) is 5. The number of rotatable bonds is 9. The molecule has 2 aromatic carbocycles. The molecule has 1 fully saturated rings. The van der Waals surface area contributed by atoms with Gasteiger partial charge in [-0.1, -0.05) is 35.9 Å². The average molecular weight is 433 g/mol. The van der Waals surface area contributed by atoms with Crippen molar-refractivity contribution in [1.82, 2.24) is 10.2 Å². The first kappa shape index (κ1) is 22.4. The minimum atomic E-state index is -0.913. The third-order valence-electron chi connectivity index (χ3n) is 5.17. The number of carbonyl (C=O) groups excluding carboxylic acids is 1. The van der Waals surface area contributed by atoms with Gasteiger partial charge in [0.05, 0.1) is 18.1 Å². The Balaban J connectivity index is 1.34. The monoisotopic (exact) mass is 432 g/mol. The molecule has 1 aliphatic rings. The van der Waals surface area contributed by atoms with Gasteiger partial charge in [0.25, 0.3) is 0 Å². The average Bonchev–Trinajstić information content (AvgIpc) is 2.75. The molecular formula is C23H29ClN2O4. The number of piperidine rings is 1. The van der Waals surface area contributed by atoms with E-state index in [1.807, 2.05) is 54.3 Å². The Morgan fingerprint density at radius 2 is 1.90 bits per heavy atom. The standard InChI is InChI=1S/C23H29ClN2O4/c1-18-7-8-20(24)21(15-18)30-17-23(28)9-12-26(13-10-23)16-22(27)25-11-14-29-19-5-3-2-4-6-19/h2-8,15,28H,9-14,16-17H2,1H3,(H,25,27). The Morgan fingerprint density at radius 3 is 2.63 bits per heavy atom. The highest BCUT2D eigenvalue weighted by Gasteiger charge is 2.33. The number of benzene rings is 2. The number of aryl methyl sites for hydroxylation is 1. The van der Waals surface area contributed by atoms with E-state index < -0.39 is 5.60 Å². The fourth-order valence-corrected chi connectivity index (χ4v) is 3.51. The van der Waals surface area contributed by atoms with Crippen LogP contribution in [-0.4, -0.2) is 60.9 Å². The summed E-state index contributed by atoms with van der Waals surface area (Å²) in [5.74, 6) is 1.33. The second-order valence-corrected chi connectivity index (χ2v) is 8.14. The van der Waals surface area contributed by atoms with Crippen molar-refractivity contribution in [2.75, 3.05) is 39.4 Å². The van der Waals surface area contributed by atoms with Crippen LogP contribution in [0.4, 0.5) is 0 Å². The van der Waals surface area contributed by atoms with Gasteiger partial charge in [-0.25, -0.2) is 0 Å². The van der Waals surface area contributed by atoms with Crippen molar-refractivity contribution in [3.8, 4) is 11.5 Å². The number of hydrogen-bond donors (Lipinski definition) is 2. The molecule has 7 heteroatoms.